The molecule has 0 aromatic heterocycles. The van der Waals surface area contributed by atoms with E-state index >= 15 is 0 Å². The van der Waals surface area contributed by atoms with Gasteiger partial charge in [0.2, 0.25) is 0 Å². The predicted octanol–water partition coefficient (Wildman–Crippen LogP) is 3.07. The summed E-state index contributed by atoms with van der Waals surface area (Å²) in [5.41, 5.74) is 5.58. The molecule has 0 saturated carbocycles. The molecule has 0 atom stereocenters. The van der Waals surface area contributed by atoms with Gasteiger partial charge >= 0.3 is 0 Å². The Kier molecular flexibility index (Phi) is 4.35. The van der Waals surface area contributed by atoms with Crippen molar-refractivity contribution in [2.24, 2.45) is 10.7 Å². The molecule has 0 bridgehead atoms. The summed E-state index contributed by atoms with van der Waals surface area (Å²) in [4.78, 5) is 4.91. The number of hydrogen-bond acceptors (Lipinski definition) is 2. The molecule has 0 fully saturated rings. The lowest BCUT2D eigenvalue weighted by atomic mass is 10.1. The number of benzene rings is 1. The SMILES string of the molecule is CC(C)(C)N=C(N)CSc1ccccc1F. The predicted molar refractivity (Wildman–Crippen MR) is 68.5 cm³/mol. The highest BCUT2D eigenvalue weighted by Crippen LogP contribution is 2.21. The van der Waals surface area contributed by atoms with Gasteiger partial charge in [-0.1, -0.05) is 12.1 Å². The number of rotatable bonds is 3. The van der Waals surface area contributed by atoms with Gasteiger partial charge in [-0.05, 0) is 32.9 Å². The van der Waals surface area contributed by atoms with Crippen molar-refractivity contribution in [2.75, 3.05) is 5.75 Å². The highest BCUT2D eigenvalue weighted by atomic mass is 32.2. The monoisotopic (exact) mass is 240 g/mol. The Bertz CT molecular complexity index is 383. The molecule has 1 aromatic rings. The number of halogens is 1. The van der Waals surface area contributed by atoms with E-state index in [0.717, 1.165) is 0 Å². The summed E-state index contributed by atoms with van der Waals surface area (Å²) in [5.74, 6) is 0.842. The van der Waals surface area contributed by atoms with Crippen LogP contribution in [0, 0.1) is 5.82 Å². The van der Waals surface area contributed by atoms with Crippen molar-refractivity contribution < 1.29 is 4.39 Å². The van der Waals surface area contributed by atoms with Crippen molar-refractivity contribution in [3.05, 3.63) is 30.1 Å². The van der Waals surface area contributed by atoms with Crippen LogP contribution >= 0.6 is 11.8 Å². The maximum Gasteiger partial charge on any atom is 0.136 e. The van der Waals surface area contributed by atoms with Crippen LogP contribution in [0.15, 0.2) is 34.2 Å². The first-order valence-corrected chi connectivity index (χ1v) is 6.08. The molecule has 16 heavy (non-hydrogen) atoms. The fourth-order valence-corrected chi connectivity index (χ4v) is 1.93. The normalized spacial score (nSPS) is 12.9. The van der Waals surface area contributed by atoms with E-state index in [1.54, 1.807) is 12.1 Å². The Morgan fingerprint density at radius 1 is 1.38 bits per heavy atom. The molecule has 0 aliphatic carbocycles. The molecule has 4 heteroatoms. The summed E-state index contributed by atoms with van der Waals surface area (Å²) < 4.78 is 13.3. The van der Waals surface area contributed by atoms with E-state index in [0.29, 0.717) is 16.5 Å². The van der Waals surface area contributed by atoms with Crippen LogP contribution in [0.3, 0.4) is 0 Å². The van der Waals surface area contributed by atoms with E-state index in [4.69, 9.17) is 5.73 Å². The molecule has 0 unspecified atom stereocenters. The fourth-order valence-electron chi connectivity index (χ4n) is 1.18. The molecule has 0 aliphatic heterocycles. The molecule has 0 heterocycles. The Labute approximate surface area is 100 Å². The Hall–Kier alpha value is -1.03. The van der Waals surface area contributed by atoms with Crippen molar-refractivity contribution in [1.29, 1.82) is 0 Å². The molecule has 1 aromatic carbocycles. The number of thioether (sulfide) groups is 1. The molecular weight excluding hydrogens is 223 g/mol. The molecule has 1 rings (SSSR count). The third-order valence-electron chi connectivity index (χ3n) is 1.69. The second kappa shape index (κ2) is 5.34. The fraction of sp³-hybridized carbons (Fsp3) is 0.417. The number of hydrogen-bond donors (Lipinski definition) is 1. The van der Waals surface area contributed by atoms with Gasteiger partial charge in [0, 0.05) is 4.90 Å². The maximum absolute atomic E-state index is 13.3. The topological polar surface area (TPSA) is 38.4 Å². The second-order valence-corrected chi connectivity index (χ2v) is 5.51. The molecule has 0 spiro atoms. The Balaban J connectivity index is 2.59. The second-order valence-electron chi connectivity index (χ2n) is 4.49. The van der Waals surface area contributed by atoms with E-state index in [-0.39, 0.29) is 11.4 Å². The molecule has 88 valence electrons. The minimum absolute atomic E-state index is 0.181. The zero-order valence-electron chi connectivity index (χ0n) is 9.83. The van der Waals surface area contributed by atoms with E-state index in [2.05, 4.69) is 4.99 Å². The zero-order chi connectivity index (χ0) is 12.2. The van der Waals surface area contributed by atoms with Gasteiger partial charge in [0.15, 0.2) is 0 Å². The highest BCUT2D eigenvalue weighted by molar-refractivity contribution is 8.00. The first-order chi connectivity index (χ1) is 7.38. The van der Waals surface area contributed by atoms with Crippen LogP contribution in [0.25, 0.3) is 0 Å². The van der Waals surface area contributed by atoms with Gasteiger partial charge in [0.05, 0.1) is 11.3 Å². The van der Waals surface area contributed by atoms with Gasteiger partial charge in [-0.25, -0.2) is 4.39 Å². The van der Waals surface area contributed by atoms with E-state index < -0.39 is 0 Å². The van der Waals surface area contributed by atoms with E-state index in [9.17, 15) is 4.39 Å². The molecule has 0 radical (unpaired) electrons. The smallest absolute Gasteiger partial charge is 0.136 e. The van der Waals surface area contributed by atoms with Crippen LogP contribution in [0.4, 0.5) is 4.39 Å². The lowest BCUT2D eigenvalue weighted by Crippen LogP contribution is -2.22. The molecular formula is C12H17FN2S. The molecule has 0 amide bonds. The van der Waals surface area contributed by atoms with Crippen molar-refractivity contribution in [3.63, 3.8) is 0 Å². The van der Waals surface area contributed by atoms with Crippen LogP contribution in [-0.4, -0.2) is 17.1 Å². The van der Waals surface area contributed by atoms with Crippen molar-refractivity contribution in [1.82, 2.24) is 0 Å². The molecule has 0 aliphatic rings. The van der Waals surface area contributed by atoms with Crippen LogP contribution in [0.1, 0.15) is 20.8 Å². The lowest BCUT2D eigenvalue weighted by Gasteiger charge is -2.13. The van der Waals surface area contributed by atoms with Gasteiger partial charge in [-0.15, -0.1) is 11.8 Å². The molecule has 2 nitrogen and oxygen atoms in total. The Morgan fingerprint density at radius 2 is 2.00 bits per heavy atom. The van der Waals surface area contributed by atoms with Gasteiger partial charge in [-0.2, -0.15) is 0 Å². The molecule has 0 saturated heterocycles. The first kappa shape index (κ1) is 13.0. The summed E-state index contributed by atoms with van der Waals surface area (Å²) >= 11 is 1.37. The number of nitrogens with zero attached hydrogens (tertiary/aromatic N) is 1. The van der Waals surface area contributed by atoms with Crippen LogP contribution < -0.4 is 5.73 Å². The first-order valence-electron chi connectivity index (χ1n) is 5.10. The Morgan fingerprint density at radius 3 is 2.56 bits per heavy atom. The van der Waals surface area contributed by atoms with Crippen molar-refractivity contribution in [2.45, 2.75) is 31.2 Å². The number of nitrogens with two attached hydrogens (primary N) is 1. The van der Waals surface area contributed by atoms with E-state index in [1.165, 1.54) is 17.8 Å². The summed E-state index contributed by atoms with van der Waals surface area (Å²) in [6.07, 6.45) is 0. The third-order valence-corrected chi connectivity index (χ3v) is 2.77. The highest BCUT2D eigenvalue weighted by Gasteiger charge is 2.09. The van der Waals surface area contributed by atoms with Gasteiger partial charge < -0.3 is 5.73 Å². The van der Waals surface area contributed by atoms with Crippen LogP contribution in [0.2, 0.25) is 0 Å². The van der Waals surface area contributed by atoms with E-state index in [1.807, 2.05) is 26.8 Å². The largest absolute Gasteiger partial charge is 0.387 e. The zero-order valence-corrected chi connectivity index (χ0v) is 10.6. The lowest BCUT2D eigenvalue weighted by molar-refractivity contribution is 0.583. The summed E-state index contributed by atoms with van der Waals surface area (Å²) in [5, 5.41) is 0. The van der Waals surface area contributed by atoms with Crippen molar-refractivity contribution >= 4 is 17.6 Å². The van der Waals surface area contributed by atoms with Gasteiger partial charge in [0.25, 0.3) is 0 Å². The number of amidine groups is 1. The van der Waals surface area contributed by atoms with Crippen LogP contribution in [0.5, 0.6) is 0 Å². The number of aliphatic imine (C=N–C) groups is 1. The average Bonchev–Trinajstić information content (AvgIpc) is 2.14. The minimum Gasteiger partial charge on any atom is -0.387 e. The standard InChI is InChI=1S/C12H17FN2S/c1-12(2,3)15-11(14)8-16-10-7-5-4-6-9(10)13/h4-7H,8H2,1-3H3,(H2,14,15). The summed E-state index contributed by atoms with van der Waals surface area (Å²) in [6, 6.07) is 6.66. The van der Waals surface area contributed by atoms with Crippen LogP contribution in [-0.2, 0) is 0 Å². The summed E-state index contributed by atoms with van der Waals surface area (Å²) in [6.45, 7) is 5.94. The molecule has 2 N–H and O–H groups in total. The minimum atomic E-state index is -0.212. The maximum atomic E-state index is 13.3. The van der Waals surface area contributed by atoms with Gasteiger partial charge in [0.1, 0.15) is 11.7 Å². The van der Waals surface area contributed by atoms with Crippen molar-refractivity contribution in [3.8, 4) is 0 Å². The van der Waals surface area contributed by atoms with Gasteiger partial charge in [-0.3, -0.25) is 4.99 Å². The quantitative estimate of drug-likeness (QED) is 0.501. The third kappa shape index (κ3) is 4.66. The summed E-state index contributed by atoms with van der Waals surface area (Å²) in [7, 11) is 0. The average molecular weight is 240 g/mol.